The van der Waals surface area contributed by atoms with Crippen LogP contribution in [0.5, 0.6) is 0 Å². The first-order valence-electron chi connectivity index (χ1n) is 7.66. The van der Waals surface area contributed by atoms with E-state index in [1.165, 1.54) is 5.56 Å². The molecule has 0 radical (unpaired) electrons. The summed E-state index contributed by atoms with van der Waals surface area (Å²) in [5.74, 6) is 0.174. The van der Waals surface area contributed by atoms with Crippen LogP contribution in [0.15, 0.2) is 30.3 Å². The Balaban J connectivity index is 2.01. The fourth-order valence-electron chi connectivity index (χ4n) is 2.95. The van der Waals surface area contributed by atoms with Crippen molar-refractivity contribution < 1.29 is 9.90 Å². The van der Waals surface area contributed by atoms with Crippen LogP contribution in [0.4, 0.5) is 0 Å². The molecule has 1 aliphatic rings. The van der Waals surface area contributed by atoms with Gasteiger partial charge in [-0.2, -0.15) is 0 Å². The Morgan fingerprint density at radius 2 is 2.05 bits per heavy atom. The van der Waals surface area contributed by atoms with Crippen molar-refractivity contribution in [2.24, 2.45) is 5.41 Å². The molecule has 1 saturated carbocycles. The highest BCUT2D eigenvalue weighted by atomic mass is 16.3. The summed E-state index contributed by atoms with van der Waals surface area (Å²) >= 11 is 0. The third-order valence-electron chi connectivity index (χ3n) is 4.48. The SMILES string of the molecule is CCC(CCO)NC(=O)C1(Cc2ccccc2)CCC1. The number of amides is 1. The van der Waals surface area contributed by atoms with Gasteiger partial charge in [-0.05, 0) is 37.7 Å². The second kappa shape index (κ2) is 6.89. The number of benzene rings is 1. The van der Waals surface area contributed by atoms with E-state index in [1.54, 1.807) is 0 Å². The lowest BCUT2D eigenvalue weighted by atomic mass is 9.64. The summed E-state index contributed by atoms with van der Waals surface area (Å²) in [5.41, 5.74) is 1.02. The van der Waals surface area contributed by atoms with E-state index in [0.717, 1.165) is 32.1 Å². The van der Waals surface area contributed by atoms with Crippen molar-refractivity contribution in [2.75, 3.05) is 6.61 Å². The zero-order chi connectivity index (χ0) is 14.4. The lowest BCUT2D eigenvalue weighted by molar-refractivity contribution is -0.136. The molecule has 1 aromatic carbocycles. The quantitative estimate of drug-likeness (QED) is 0.804. The van der Waals surface area contributed by atoms with Gasteiger partial charge in [-0.15, -0.1) is 0 Å². The summed E-state index contributed by atoms with van der Waals surface area (Å²) in [4.78, 5) is 12.6. The molecule has 2 N–H and O–H groups in total. The molecule has 1 amide bonds. The molecule has 0 heterocycles. The molecule has 0 aromatic heterocycles. The van der Waals surface area contributed by atoms with Crippen LogP contribution in [0.2, 0.25) is 0 Å². The first kappa shape index (κ1) is 15.0. The highest BCUT2D eigenvalue weighted by molar-refractivity contribution is 5.84. The van der Waals surface area contributed by atoms with Gasteiger partial charge in [0.05, 0.1) is 5.41 Å². The lowest BCUT2D eigenvalue weighted by Gasteiger charge is -2.41. The maximum atomic E-state index is 12.6. The van der Waals surface area contributed by atoms with Gasteiger partial charge >= 0.3 is 0 Å². The number of rotatable bonds is 7. The Labute approximate surface area is 121 Å². The summed E-state index contributed by atoms with van der Waals surface area (Å²) in [7, 11) is 0. The van der Waals surface area contributed by atoms with E-state index in [9.17, 15) is 4.79 Å². The van der Waals surface area contributed by atoms with Crippen LogP contribution in [0, 0.1) is 5.41 Å². The number of carbonyl (C=O) groups excluding carboxylic acids is 1. The van der Waals surface area contributed by atoms with Gasteiger partial charge in [0.2, 0.25) is 5.91 Å². The van der Waals surface area contributed by atoms with Gasteiger partial charge in [0.1, 0.15) is 0 Å². The number of hydrogen-bond acceptors (Lipinski definition) is 2. The summed E-state index contributed by atoms with van der Waals surface area (Å²) < 4.78 is 0. The highest BCUT2D eigenvalue weighted by Crippen LogP contribution is 2.44. The monoisotopic (exact) mass is 275 g/mol. The Hall–Kier alpha value is -1.35. The van der Waals surface area contributed by atoms with Crippen LogP contribution >= 0.6 is 0 Å². The van der Waals surface area contributed by atoms with E-state index in [-0.39, 0.29) is 24.0 Å². The fourth-order valence-corrected chi connectivity index (χ4v) is 2.95. The molecule has 1 aromatic rings. The second-order valence-electron chi connectivity index (χ2n) is 5.89. The van der Waals surface area contributed by atoms with Crippen LogP contribution in [0.25, 0.3) is 0 Å². The standard InChI is InChI=1S/C17H25NO2/c1-2-15(9-12-19)18-16(20)17(10-6-11-17)13-14-7-4-3-5-8-14/h3-5,7-8,15,19H,2,6,9-13H2,1H3,(H,18,20). The number of carbonyl (C=O) groups is 1. The fraction of sp³-hybridized carbons (Fsp3) is 0.588. The van der Waals surface area contributed by atoms with Gasteiger partial charge < -0.3 is 10.4 Å². The van der Waals surface area contributed by atoms with E-state index in [0.29, 0.717) is 6.42 Å². The van der Waals surface area contributed by atoms with Crippen molar-refractivity contribution >= 4 is 5.91 Å². The van der Waals surface area contributed by atoms with Gasteiger partial charge in [0, 0.05) is 12.6 Å². The van der Waals surface area contributed by atoms with E-state index in [1.807, 2.05) is 25.1 Å². The van der Waals surface area contributed by atoms with Gasteiger partial charge in [0.15, 0.2) is 0 Å². The third kappa shape index (κ3) is 3.40. The van der Waals surface area contributed by atoms with E-state index < -0.39 is 0 Å². The predicted molar refractivity (Wildman–Crippen MR) is 80.4 cm³/mol. The lowest BCUT2D eigenvalue weighted by Crippen LogP contribution is -2.50. The van der Waals surface area contributed by atoms with Crippen LogP contribution in [0.3, 0.4) is 0 Å². The van der Waals surface area contributed by atoms with Crippen LogP contribution in [0.1, 0.15) is 44.6 Å². The molecule has 1 unspecified atom stereocenters. The van der Waals surface area contributed by atoms with Gasteiger partial charge in [-0.3, -0.25) is 4.79 Å². The summed E-state index contributed by atoms with van der Waals surface area (Å²) in [6, 6.07) is 10.4. The third-order valence-corrected chi connectivity index (χ3v) is 4.48. The van der Waals surface area contributed by atoms with Crippen molar-refractivity contribution in [1.82, 2.24) is 5.32 Å². The maximum absolute atomic E-state index is 12.6. The average Bonchev–Trinajstić information content (AvgIpc) is 2.43. The minimum Gasteiger partial charge on any atom is -0.396 e. The molecule has 110 valence electrons. The first-order chi connectivity index (χ1) is 9.70. The molecule has 2 rings (SSSR count). The zero-order valence-electron chi connectivity index (χ0n) is 12.3. The van der Waals surface area contributed by atoms with E-state index in [4.69, 9.17) is 5.11 Å². The second-order valence-corrected chi connectivity index (χ2v) is 5.89. The number of aliphatic hydroxyl groups excluding tert-OH is 1. The maximum Gasteiger partial charge on any atom is 0.226 e. The minimum absolute atomic E-state index is 0.0979. The van der Waals surface area contributed by atoms with E-state index in [2.05, 4.69) is 17.4 Å². The molecule has 0 spiro atoms. The summed E-state index contributed by atoms with van der Waals surface area (Å²) in [5, 5.41) is 12.2. The van der Waals surface area contributed by atoms with Crippen molar-refractivity contribution in [3.63, 3.8) is 0 Å². The molecule has 1 atom stereocenters. The Morgan fingerprint density at radius 3 is 2.55 bits per heavy atom. The summed E-state index contributed by atoms with van der Waals surface area (Å²) in [6.07, 6.45) is 5.43. The van der Waals surface area contributed by atoms with E-state index >= 15 is 0 Å². The largest absolute Gasteiger partial charge is 0.396 e. The normalized spacial score (nSPS) is 18.1. The molecule has 3 heteroatoms. The molecule has 1 aliphatic carbocycles. The summed E-state index contributed by atoms with van der Waals surface area (Å²) in [6.45, 7) is 2.18. The highest BCUT2D eigenvalue weighted by Gasteiger charge is 2.44. The first-order valence-corrected chi connectivity index (χ1v) is 7.66. The van der Waals surface area contributed by atoms with Crippen molar-refractivity contribution in [3.05, 3.63) is 35.9 Å². The number of hydrogen-bond donors (Lipinski definition) is 2. The smallest absolute Gasteiger partial charge is 0.226 e. The van der Waals surface area contributed by atoms with Gasteiger partial charge in [0.25, 0.3) is 0 Å². The van der Waals surface area contributed by atoms with Crippen LogP contribution in [-0.4, -0.2) is 23.7 Å². The van der Waals surface area contributed by atoms with Crippen molar-refractivity contribution in [3.8, 4) is 0 Å². The topological polar surface area (TPSA) is 49.3 Å². The van der Waals surface area contributed by atoms with Crippen molar-refractivity contribution in [2.45, 2.75) is 51.5 Å². The Bertz CT molecular complexity index is 426. The molecule has 0 bridgehead atoms. The Morgan fingerprint density at radius 1 is 1.35 bits per heavy atom. The molecule has 3 nitrogen and oxygen atoms in total. The molecule has 0 saturated heterocycles. The zero-order valence-corrected chi connectivity index (χ0v) is 12.3. The van der Waals surface area contributed by atoms with Crippen molar-refractivity contribution in [1.29, 1.82) is 0 Å². The molecule has 1 fully saturated rings. The van der Waals surface area contributed by atoms with Gasteiger partial charge in [-0.25, -0.2) is 0 Å². The average molecular weight is 275 g/mol. The molecule has 20 heavy (non-hydrogen) atoms. The molecular weight excluding hydrogens is 250 g/mol. The van der Waals surface area contributed by atoms with Crippen LogP contribution in [-0.2, 0) is 11.2 Å². The van der Waals surface area contributed by atoms with Gasteiger partial charge in [-0.1, -0.05) is 43.7 Å². The molecular formula is C17H25NO2. The number of nitrogens with one attached hydrogen (secondary N) is 1. The Kier molecular flexibility index (Phi) is 5.18. The van der Waals surface area contributed by atoms with Crippen LogP contribution < -0.4 is 5.32 Å². The molecule has 0 aliphatic heterocycles. The minimum atomic E-state index is -0.218. The predicted octanol–water partition coefficient (Wildman–Crippen LogP) is 2.68. The number of aliphatic hydroxyl groups is 1.